The summed E-state index contributed by atoms with van der Waals surface area (Å²) < 4.78 is 4.87. The average molecular weight is 368 g/mol. The van der Waals surface area contributed by atoms with Crippen molar-refractivity contribution in [3.05, 3.63) is 41.4 Å². The maximum atomic E-state index is 11.3. The number of carbonyl (C=O) groups excluding carboxylic acids is 1. The Kier molecular flexibility index (Phi) is 6.36. The van der Waals surface area contributed by atoms with Gasteiger partial charge >= 0.3 is 6.09 Å². The van der Waals surface area contributed by atoms with Crippen LogP contribution in [0.15, 0.2) is 24.4 Å². The summed E-state index contributed by atoms with van der Waals surface area (Å²) in [5.74, 6) is 1.24. The number of aromatic amines is 1. The summed E-state index contributed by atoms with van der Waals surface area (Å²) in [5.41, 5.74) is 3.16. The fraction of sp³-hybridized carbons (Fsp3) is 0.524. The number of rotatable bonds is 9. The minimum absolute atomic E-state index is 0.332. The van der Waals surface area contributed by atoms with Gasteiger partial charge in [0.2, 0.25) is 0 Å². The van der Waals surface area contributed by atoms with E-state index >= 15 is 0 Å². The smallest absolute Gasteiger partial charge is 0.407 e. The molecule has 0 aliphatic heterocycles. The van der Waals surface area contributed by atoms with Gasteiger partial charge in [0.15, 0.2) is 5.69 Å². The molecule has 1 saturated carbocycles. The lowest BCUT2D eigenvalue weighted by Crippen LogP contribution is -2.31. The molecule has 1 amide bonds. The van der Waals surface area contributed by atoms with Crippen molar-refractivity contribution in [2.24, 2.45) is 5.92 Å². The zero-order valence-corrected chi connectivity index (χ0v) is 16.1. The van der Waals surface area contributed by atoms with Crippen molar-refractivity contribution >= 4 is 22.7 Å². The molecule has 2 aromatic rings. The van der Waals surface area contributed by atoms with Gasteiger partial charge in [0.1, 0.15) is 0 Å². The summed E-state index contributed by atoms with van der Waals surface area (Å²) in [4.78, 5) is 20.7. The van der Waals surface area contributed by atoms with E-state index in [1.165, 1.54) is 17.4 Å². The van der Waals surface area contributed by atoms with E-state index in [1.807, 2.05) is 18.2 Å². The van der Waals surface area contributed by atoms with Crippen molar-refractivity contribution in [1.82, 2.24) is 15.2 Å². The normalized spacial score (nSPS) is 18.4. The Bertz CT molecular complexity index is 823. The highest BCUT2D eigenvalue weighted by Crippen LogP contribution is 2.50. The average Bonchev–Trinajstić information content (AvgIpc) is 3.31. The number of aromatic nitrogens is 1. The van der Waals surface area contributed by atoms with Crippen LogP contribution >= 0.6 is 0 Å². The molecule has 2 N–H and O–H groups in total. The highest BCUT2D eigenvalue weighted by Gasteiger charge is 2.40. The number of fused-ring (bicyclic) bond motifs is 1. The van der Waals surface area contributed by atoms with Crippen molar-refractivity contribution in [3.8, 4) is 0 Å². The lowest BCUT2D eigenvalue weighted by molar-refractivity contribution is 0.151. The second kappa shape index (κ2) is 8.92. The molecule has 1 aromatic carbocycles. The van der Waals surface area contributed by atoms with Crippen LogP contribution in [0.2, 0.25) is 0 Å². The summed E-state index contributed by atoms with van der Waals surface area (Å²) in [6.07, 6.45) is 3.90. The van der Waals surface area contributed by atoms with E-state index in [-0.39, 0.29) is 6.09 Å². The summed E-state index contributed by atoms with van der Waals surface area (Å²) in [5, 5.41) is 3.97. The van der Waals surface area contributed by atoms with Gasteiger partial charge in [-0.15, -0.1) is 0 Å². The van der Waals surface area contributed by atoms with Crippen LogP contribution < -0.4 is 5.32 Å². The topological polar surface area (TPSA) is 61.7 Å². The van der Waals surface area contributed by atoms with Gasteiger partial charge < -0.3 is 19.9 Å². The number of H-pyrrole nitrogens is 1. The van der Waals surface area contributed by atoms with Gasteiger partial charge in [-0.05, 0) is 67.8 Å². The Morgan fingerprint density at radius 1 is 1.44 bits per heavy atom. The van der Waals surface area contributed by atoms with Crippen molar-refractivity contribution in [3.63, 3.8) is 0 Å². The van der Waals surface area contributed by atoms with Crippen molar-refractivity contribution in [2.45, 2.75) is 32.6 Å². The number of amides is 1. The minimum Gasteiger partial charge on any atom is -0.450 e. The molecule has 0 radical (unpaired) electrons. The maximum absolute atomic E-state index is 11.3. The fourth-order valence-electron chi connectivity index (χ4n) is 3.72. The SMILES string of the molecule is [C-]#[N+]c1ccc2[nH]cc(C3CC3CN(CC)CCCNC(=O)OCC)c2c1. The maximum Gasteiger partial charge on any atom is 0.407 e. The first kappa shape index (κ1) is 19.2. The quantitative estimate of drug-likeness (QED) is 0.513. The Labute approximate surface area is 160 Å². The van der Waals surface area contributed by atoms with Crippen LogP contribution in [0.5, 0.6) is 0 Å². The third-order valence-corrected chi connectivity index (χ3v) is 5.28. The molecule has 1 fully saturated rings. The molecule has 1 aliphatic rings. The summed E-state index contributed by atoms with van der Waals surface area (Å²) in [6.45, 7) is 15.3. The van der Waals surface area contributed by atoms with Gasteiger partial charge in [-0.3, -0.25) is 0 Å². The van der Waals surface area contributed by atoms with Crippen LogP contribution in [0.4, 0.5) is 10.5 Å². The zero-order valence-electron chi connectivity index (χ0n) is 16.1. The van der Waals surface area contributed by atoms with Gasteiger partial charge in [-0.1, -0.05) is 13.0 Å². The van der Waals surface area contributed by atoms with Gasteiger partial charge in [0.25, 0.3) is 0 Å². The molecule has 27 heavy (non-hydrogen) atoms. The number of alkyl carbamates (subject to hydrolysis) is 1. The van der Waals surface area contributed by atoms with Crippen molar-refractivity contribution in [1.29, 1.82) is 0 Å². The largest absolute Gasteiger partial charge is 0.450 e. The molecule has 2 unspecified atom stereocenters. The number of hydrogen-bond acceptors (Lipinski definition) is 3. The zero-order chi connectivity index (χ0) is 19.2. The van der Waals surface area contributed by atoms with E-state index in [4.69, 9.17) is 11.3 Å². The van der Waals surface area contributed by atoms with Gasteiger partial charge in [0.05, 0.1) is 13.2 Å². The van der Waals surface area contributed by atoms with Crippen LogP contribution in [-0.2, 0) is 4.74 Å². The number of carbonyl (C=O) groups is 1. The number of hydrogen-bond donors (Lipinski definition) is 2. The van der Waals surface area contributed by atoms with Crippen molar-refractivity contribution < 1.29 is 9.53 Å². The fourth-order valence-corrected chi connectivity index (χ4v) is 3.72. The molecule has 144 valence electrons. The summed E-state index contributed by atoms with van der Waals surface area (Å²) in [6, 6.07) is 5.86. The van der Waals surface area contributed by atoms with Crippen LogP contribution in [0, 0.1) is 12.5 Å². The Hall–Kier alpha value is -2.52. The van der Waals surface area contributed by atoms with E-state index in [0.717, 1.165) is 31.6 Å². The predicted molar refractivity (Wildman–Crippen MR) is 107 cm³/mol. The second-order valence-corrected chi connectivity index (χ2v) is 7.08. The van der Waals surface area contributed by atoms with E-state index < -0.39 is 0 Å². The molecular weight excluding hydrogens is 340 g/mol. The van der Waals surface area contributed by atoms with Crippen LogP contribution in [0.1, 0.15) is 38.2 Å². The lowest BCUT2D eigenvalue weighted by Gasteiger charge is -2.20. The molecule has 6 nitrogen and oxygen atoms in total. The standard InChI is InChI=1S/C21H28N4O2/c1-4-25(10-6-9-23-21(26)27-5-2)14-15-11-17(15)19-13-24-20-8-7-16(22-3)12-18(19)20/h7-8,12-13,15,17,24H,4-6,9-11,14H2,1-2H3,(H,23,26). The molecule has 0 bridgehead atoms. The molecule has 0 spiro atoms. The first-order valence-electron chi connectivity index (χ1n) is 9.77. The molecule has 0 saturated heterocycles. The summed E-state index contributed by atoms with van der Waals surface area (Å²) >= 11 is 0. The number of nitrogens with one attached hydrogen (secondary N) is 2. The Morgan fingerprint density at radius 2 is 2.30 bits per heavy atom. The molecule has 1 aliphatic carbocycles. The highest BCUT2D eigenvalue weighted by atomic mass is 16.5. The molecule has 3 rings (SSSR count). The Balaban J connectivity index is 1.49. The Morgan fingerprint density at radius 3 is 3.04 bits per heavy atom. The van der Waals surface area contributed by atoms with E-state index in [1.54, 1.807) is 6.92 Å². The van der Waals surface area contributed by atoms with Crippen LogP contribution in [-0.4, -0.2) is 48.8 Å². The molecule has 2 atom stereocenters. The van der Waals surface area contributed by atoms with Gasteiger partial charge in [-0.2, -0.15) is 0 Å². The van der Waals surface area contributed by atoms with Crippen molar-refractivity contribution in [2.75, 3.05) is 32.8 Å². The van der Waals surface area contributed by atoms with E-state index in [2.05, 4.69) is 33.2 Å². The molecule has 6 heteroatoms. The van der Waals surface area contributed by atoms with Crippen LogP contribution in [0.25, 0.3) is 15.7 Å². The lowest BCUT2D eigenvalue weighted by atomic mass is 10.1. The molecule has 1 heterocycles. The van der Waals surface area contributed by atoms with E-state index in [0.29, 0.717) is 30.7 Å². The first-order chi connectivity index (χ1) is 13.2. The number of benzene rings is 1. The van der Waals surface area contributed by atoms with Crippen LogP contribution in [0.3, 0.4) is 0 Å². The molecule has 1 aromatic heterocycles. The van der Waals surface area contributed by atoms with Gasteiger partial charge in [-0.25, -0.2) is 9.64 Å². The monoisotopic (exact) mass is 368 g/mol. The van der Waals surface area contributed by atoms with E-state index in [9.17, 15) is 4.79 Å². The first-order valence-corrected chi connectivity index (χ1v) is 9.77. The highest BCUT2D eigenvalue weighted by molar-refractivity contribution is 5.87. The molecular formula is C21H28N4O2. The summed E-state index contributed by atoms with van der Waals surface area (Å²) in [7, 11) is 0. The number of nitrogens with zero attached hydrogens (tertiary/aromatic N) is 2. The predicted octanol–water partition coefficient (Wildman–Crippen LogP) is 4.28. The third kappa shape index (κ3) is 4.81. The third-order valence-electron chi connectivity index (χ3n) is 5.28. The number of ether oxygens (including phenoxy) is 1. The van der Waals surface area contributed by atoms with Gasteiger partial charge in [0, 0.05) is 24.8 Å². The minimum atomic E-state index is -0.332. The second-order valence-electron chi connectivity index (χ2n) is 7.08.